The molecule has 0 bridgehead atoms. The Morgan fingerprint density at radius 2 is 2.00 bits per heavy atom. The predicted molar refractivity (Wildman–Crippen MR) is 79.7 cm³/mol. The fourth-order valence-corrected chi connectivity index (χ4v) is 2.96. The lowest BCUT2D eigenvalue weighted by Gasteiger charge is -2.33. The second kappa shape index (κ2) is 6.60. The molecular formula is C15H23ClN2O. The molecule has 0 aliphatic carbocycles. The van der Waals surface area contributed by atoms with Crippen LogP contribution in [0.2, 0.25) is 5.02 Å². The van der Waals surface area contributed by atoms with Gasteiger partial charge < -0.3 is 10.0 Å². The normalized spacial score (nSPS) is 18.1. The molecule has 3 nitrogen and oxygen atoms in total. The number of phenols is 1. The number of likely N-dealkylation sites (tertiary alicyclic amines) is 1. The van der Waals surface area contributed by atoms with Crippen LogP contribution < -0.4 is 0 Å². The largest absolute Gasteiger partial charge is 0.508 e. The summed E-state index contributed by atoms with van der Waals surface area (Å²) < 4.78 is 0. The van der Waals surface area contributed by atoms with Crippen molar-refractivity contribution in [3.05, 3.63) is 28.8 Å². The minimum atomic E-state index is 0.347. The Morgan fingerprint density at radius 3 is 2.63 bits per heavy atom. The van der Waals surface area contributed by atoms with E-state index in [0.717, 1.165) is 31.1 Å². The minimum Gasteiger partial charge on any atom is -0.508 e. The Labute approximate surface area is 120 Å². The lowest BCUT2D eigenvalue weighted by molar-refractivity contribution is 0.156. The van der Waals surface area contributed by atoms with E-state index < -0.39 is 0 Å². The summed E-state index contributed by atoms with van der Waals surface area (Å²) >= 11 is 5.98. The molecule has 1 fully saturated rings. The third-order valence-electron chi connectivity index (χ3n) is 3.77. The predicted octanol–water partition coefficient (Wildman–Crippen LogP) is 2.82. The molecule has 19 heavy (non-hydrogen) atoms. The average Bonchev–Trinajstić information content (AvgIpc) is 2.35. The number of benzene rings is 1. The van der Waals surface area contributed by atoms with E-state index in [0.29, 0.717) is 10.8 Å². The van der Waals surface area contributed by atoms with Gasteiger partial charge in [0.25, 0.3) is 0 Å². The Bertz CT molecular complexity index is 415. The monoisotopic (exact) mass is 282 g/mol. The first-order chi connectivity index (χ1) is 9.04. The van der Waals surface area contributed by atoms with Gasteiger partial charge in [-0.15, -0.1) is 0 Å². The van der Waals surface area contributed by atoms with Crippen LogP contribution in [0.15, 0.2) is 18.2 Å². The summed E-state index contributed by atoms with van der Waals surface area (Å²) in [5.74, 6) is 1.15. The molecule has 1 aliphatic rings. The van der Waals surface area contributed by atoms with E-state index >= 15 is 0 Å². The Morgan fingerprint density at radius 1 is 1.32 bits per heavy atom. The van der Waals surface area contributed by atoms with Gasteiger partial charge in [0.05, 0.1) is 0 Å². The molecule has 106 valence electrons. The van der Waals surface area contributed by atoms with Gasteiger partial charge in [0.2, 0.25) is 0 Å². The fraction of sp³-hybridized carbons (Fsp3) is 0.600. The maximum absolute atomic E-state index is 9.84. The van der Waals surface area contributed by atoms with Gasteiger partial charge in [-0.2, -0.15) is 0 Å². The van der Waals surface area contributed by atoms with Crippen molar-refractivity contribution in [3.63, 3.8) is 0 Å². The highest BCUT2D eigenvalue weighted by Crippen LogP contribution is 2.25. The minimum absolute atomic E-state index is 0.347. The van der Waals surface area contributed by atoms with Crippen molar-refractivity contribution >= 4 is 11.6 Å². The highest BCUT2D eigenvalue weighted by atomic mass is 35.5. The van der Waals surface area contributed by atoms with E-state index in [9.17, 15) is 5.11 Å². The van der Waals surface area contributed by atoms with Crippen molar-refractivity contribution in [2.75, 3.05) is 33.7 Å². The first-order valence-corrected chi connectivity index (χ1v) is 7.27. The summed E-state index contributed by atoms with van der Waals surface area (Å²) in [6.07, 6.45) is 2.47. The van der Waals surface area contributed by atoms with Crippen molar-refractivity contribution < 1.29 is 5.11 Å². The molecule has 0 unspecified atom stereocenters. The molecule has 1 aromatic rings. The quantitative estimate of drug-likeness (QED) is 0.920. The molecule has 1 N–H and O–H groups in total. The number of phenolic OH excluding ortho intramolecular Hbond substituents is 1. The number of nitrogens with zero attached hydrogens (tertiary/aromatic N) is 2. The summed E-state index contributed by atoms with van der Waals surface area (Å²) in [7, 11) is 4.27. The zero-order valence-electron chi connectivity index (χ0n) is 11.8. The number of halogens is 1. The molecule has 4 heteroatoms. The van der Waals surface area contributed by atoms with Crippen molar-refractivity contribution in [2.45, 2.75) is 19.4 Å². The maximum Gasteiger partial charge on any atom is 0.120 e. The van der Waals surface area contributed by atoms with Crippen molar-refractivity contribution in [2.24, 2.45) is 5.92 Å². The van der Waals surface area contributed by atoms with Gasteiger partial charge in [-0.05, 0) is 64.1 Å². The Hall–Kier alpha value is -0.770. The summed E-state index contributed by atoms with van der Waals surface area (Å²) in [6.45, 7) is 4.17. The van der Waals surface area contributed by atoms with Crippen LogP contribution in [0.25, 0.3) is 0 Å². The van der Waals surface area contributed by atoms with E-state index in [2.05, 4.69) is 23.9 Å². The lowest BCUT2D eigenvalue weighted by atomic mass is 9.96. The molecule has 0 amide bonds. The van der Waals surface area contributed by atoms with Gasteiger partial charge in [0.15, 0.2) is 0 Å². The number of rotatable bonds is 4. The molecule has 1 aromatic carbocycles. The number of aromatic hydroxyl groups is 1. The first-order valence-electron chi connectivity index (χ1n) is 6.89. The molecule has 1 saturated heterocycles. The van der Waals surface area contributed by atoms with Gasteiger partial charge in [0.1, 0.15) is 5.75 Å². The lowest BCUT2D eigenvalue weighted by Crippen LogP contribution is -2.36. The van der Waals surface area contributed by atoms with Crippen LogP contribution in [0.3, 0.4) is 0 Å². The summed E-state index contributed by atoms with van der Waals surface area (Å²) in [5, 5.41) is 10.5. The van der Waals surface area contributed by atoms with E-state index in [1.54, 1.807) is 12.1 Å². The molecular weight excluding hydrogens is 260 g/mol. The van der Waals surface area contributed by atoms with Crippen molar-refractivity contribution in [1.29, 1.82) is 0 Å². The zero-order chi connectivity index (χ0) is 13.8. The number of piperidine rings is 1. The van der Waals surface area contributed by atoms with Gasteiger partial charge in [-0.3, -0.25) is 4.90 Å². The molecule has 1 aliphatic heterocycles. The van der Waals surface area contributed by atoms with Crippen LogP contribution in [-0.2, 0) is 6.54 Å². The Balaban J connectivity index is 1.87. The topological polar surface area (TPSA) is 26.7 Å². The smallest absolute Gasteiger partial charge is 0.120 e. The highest BCUT2D eigenvalue weighted by molar-refractivity contribution is 6.30. The molecule has 0 radical (unpaired) electrons. The molecule has 0 aromatic heterocycles. The van der Waals surface area contributed by atoms with Crippen LogP contribution >= 0.6 is 11.6 Å². The van der Waals surface area contributed by atoms with Crippen molar-refractivity contribution in [3.8, 4) is 5.75 Å². The second-order valence-electron chi connectivity index (χ2n) is 5.75. The second-order valence-corrected chi connectivity index (χ2v) is 6.19. The van der Waals surface area contributed by atoms with Crippen LogP contribution in [-0.4, -0.2) is 48.6 Å². The van der Waals surface area contributed by atoms with Gasteiger partial charge in [-0.1, -0.05) is 11.6 Å². The van der Waals surface area contributed by atoms with Gasteiger partial charge >= 0.3 is 0 Å². The van der Waals surface area contributed by atoms with Crippen LogP contribution in [0.1, 0.15) is 18.4 Å². The van der Waals surface area contributed by atoms with E-state index in [1.165, 1.54) is 19.4 Å². The number of hydrogen-bond acceptors (Lipinski definition) is 3. The summed E-state index contributed by atoms with van der Waals surface area (Å²) in [5.41, 5.74) is 0.929. The van der Waals surface area contributed by atoms with Gasteiger partial charge in [0, 0.05) is 23.7 Å². The standard InChI is InChI=1S/C15H23ClN2O/c1-17(2)10-12-5-7-18(8-6-12)11-13-9-14(16)3-4-15(13)19/h3-4,9,12,19H,5-8,10-11H2,1-2H3. The zero-order valence-corrected chi connectivity index (χ0v) is 12.5. The molecule has 0 atom stereocenters. The van der Waals surface area contributed by atoms with Crippen LogP contribution in [0, 0.1) is 5.92 Å². The van der Waals surface area contributed by atoms with Crippen molar-refractivity contribution in [1.82, 2.24) is 9.80 Å². The molecule has 2 rings (SSSR count). The maximum atomic E-state index is 9.84. The summed E-state index contributed by atoms with van der Waals surface area (Å²) in [4.78, 5) is 4.67. The molecule has 0 saturated carbocycles. The SMILES string of the molecule is CN(C)CC1CCN(Cc2cc(Cl)ccc2O)CC1. The first kappa shape index (κ1) is 14.6. The van der Waals surface area contributed by atoms with E-state index in [4.69, 9.17) is 11.6 Å². The summed E-state index contributed by atoms with van der Waals surface area (Å²) in [6, 6.07) is 5.27. The van der Waals surface area contributed by atoms with E-state index in [1.807, 2.05) is 6.07 Å². The Kier molecular flexibility index (Phi) is 5.08. The van der Waals surface area contributed by atoms with Gasteiger partial charge in [-0.25, -0.2) is 0 Å². The third-order valence-corrected chi connectivity index (χ3v) is 4.00. The highest BCUT2D eigenvalue weighted by Gasteiger charge is 2.20. The fourth-order valence-electron chi connectivity index (χ4n) is 2.77. The van der Waals surface area contributed by atoms with Crippen LogP contribution in [0.4, 0.5) is 0 Å². The van der Waals surface area contributed by atoms with E-state index in [-0.39, 0.29) is 0 Å². The molecule has 1 heterocycles. The number of hydrogen-bond donors (Lipinski definition) is 1. The van der Waals surface area contributed by atoms with Crippen LogP contribution in [0.5, 0.6) is 5.75 Å². The molecule has 0 spiro atoms. The average molecular weight is 283 g/mol. The third kappa shape index (κ3) is 4.37.